The van der Waals surface area contributed by atoms with E-state index in [9.17, 15) is 4.79 Å². The lowest BCUT2D eigenvalue weighted by molar-refractivity contribution is -0.115. The first-order valence-corrected chi connectivity index (χ1v) is 10.6. The molecule has 5 heteroatoms. The number of anilines is 2. The number of nitrogens with one attached hydrogen (secondary N) is 1. The third-order valence-corrected chi connectivity index (χ3v) is 6.22. The Bertz CT molecular complexity index is 981. The number of aryl methyl sites for hydroxylation is 2. The van der Waals surface area contributed by atoms with E-state index in [0.29, 0.717) is 12.5 Å². The quantitative estimate of drug-likeness (QED) is 0.668. The number of amides is 1. The second-order valence-electron chi connectivity index (χ2n) is 7.42. The van der Waals surface area contributed by atoms with Crippen molar-refractivity contribution in [2.45, 2.75) is 45.7 Å². The van der Waals surface area contributed by atoms with Crippen LogP contribution in [0.15, 0.2) is 53.9 Å². The van der Waals surface area contributed by atoms with E-state index in [2.05, 4.69) is 46.8 Å². The molecule has 1 unspecified atom stereocenters. The van der Waals surface area contributed by atoms with E-state index in [1.165, 1.54) is 11.3 Å². The van der Waals surface area contributed by atoms with Gasteiger partial charge in [0.2, 0.25) is 5.91 Å². The van der Waals surface area contributed by atoms with Gasteiger partial charge in [0.1, 0.15) is 5.01 Å². The van der Waals surface area contributed by atoms with E-state index >= 15 is 0 Å². The molecule has 2 heterocycles. The molecule has 1 N–H and O–H groups in total. The first-order valence-electron chi connectivity index (χ1n) is 9.73. The largest absolute Gasteiger partial charge is 0.363 e. The van der Waals surface area contributed by atoms with Crippen molar-refractivity contribution in [3.63, 3.8) is 0 Å². The summed E-state index contributed by atoms with van der Waals surface area (Å²) in [6, 6.07) is 17.0. The van der Waals surface area contributed by atoms with Crippen LogP contribution in [-0.2, 0) is 24.2 Å². The predicted octanol–water partition coefficient (Wildman–Crippen LogP) is 4.97. The van der Waals surface area contributed by atoms with Gasteiger partial charge in [-0.25, -0.2) is 4.98 Å². The summed E-state index contributed by atoms with van der Waals surface area (Å²) in [4.78, 5) is 19.6. The highest BCUT2D eigenvalue weighted by molar-refractivity contribution is 7.09. The van der Waals surface area contributed by atoms with E-state index in [-0.39, 0.29) is 5.91 Å². The number of fused-ring (bicyclic) bond motifs is 1. The van der Waals surface area contributed by atoms with Crippen LogP contribution in [0.4, 0.5) is 11.4 Å². The monoisotopic (exact) mass is 391 g/mol. The Morgan fingerprint density at radius 1 is 1.21 bits per heavy atom. The van der Waals surface area contributed by atoms with Crippen molar-refractivity contribution in [3.05, 3.63) is 75.7 Å². The lowest BCUT2D eigenvalue weighted by Gasteiger charge is -2.36. The number of aromatic nitrogens is 1. The van der Waals surface area contributed by atoms with Crippen LogP contribution in [0.5, 0.6) is 0 Å². The molecule has 2 aromatic carbocycles. The fourth-order valence-electron chi connectivity index (χ4n) is 3.72. The highest BCUT2D eigenvalue weighted by Crippen LogP contribution is 2.31. The Balaban J connectivity index is 1.42. The van der Waals surface area contributed by atoms with E-state index < -0.39 is 0 Å². The van der Waals surface area contributed by atoms with Crippen molar-refractivity contribution in [3.8, 4) is 0 Å². The standard InChI is InChI=1S/C23H25N3OS/c1-16-7-3-5-9-20(16)25-22(27)13-23-24-19(15-28-23)14-26-17(2)11-12-18-8-4-6-10-21(18)26/h3-10,15,17H,11-14H2,1-2H3,(H,25,27). The van der Waals surface area contributed by atoms with Crippen molar-refractivity contribution < 1.29 is 4.79 Å². The lowest BCUT2D eigenvalue weighted by Crippen LogP contribution is -2.36. The van der Waals surface area contributed by atoms with E-state index in [4.69, 9.17) is 4.98 Å². The van der Waals surface area contributed by atoms with Crippen LogP contribution < -0.4 is 10.2 Å². The number of rotatable bonds is 5. The molecule has 3 aromatic rings. The third kappa shape index (κ3) is 4.09. The summed E-state index contributed by atoms with van der Waals surface area (Å²) in [6.07, 6.45) is 2.60. The molecule has 0 aliphatic carbocycles. The zero-order chi connectivity index (χ0) is 19.5. The van der Waals surface area contributed by atoms with Gasteiger partial charge in [-0.2, -0.15) is 0 Å². The molecule has 144 valence electrons. The summed E-state index contributed by atoms with van der Waals surface area (Å²) in [7, 11) is 0. The highest BCUT2D eigenvalue weighted by Gasteiger charge is 2.23. The first kappa shape index (κ1) is 18.7. The molecule has 1 aromatic heterocycles. The number of hydrogen-bond donors (Lipinski definition) is 1. The number of para-hydroxylation sites is 2. The molecule has 4 nitrogen and oxygen atoms in total. The molecule has 0 bridgehead atoms. The number of carbonyl (C=O) groups excluding carboxylic acids is 1. The molecule has 0 spiro atoms. The molecular formula is C23H25N3OS. The molecule has 0 fully saturated rings. The molecule has 1 atom stereocenters. The first-order chi connectivity index (χ1) is 13.6. The molecule has 1 aliphatic rings. The lowest BCUT2D eigenvalue weighted by atomic mass is 9.96. The van der Waals surface area contributed by atoms with Gasteiger partial charge in [-0.05, 0) is 49.9 Å². The number of thiazole rings is 1. The number of nitrogens with zero attached hydrogens (tertiary/aromatic N) is 2. The molecular weight excluding hydrogens is 366 g/mol. The Labute approximate surface area is 170 Å². The molecule has 4 rings (SSSR count). The van der Waals surface area contributed by atoms with Crippen molar-refractivity contribution in [1.29, 1.82) is 0 Å². The highest BCUT2D eigenvalue weighted by atomic mass is 32.1. The maximum absolute atomic E-state index is 12.4. The van der Waals surface area contributed by atoms with Gasteiger partial charge in [0.05, 0.1) is 18.7 Å². The van der Waals surface area contributed by atoms with Gasteiger partial charge in [0, 0.05) is 22.8 Å². The van der Waals surface area contributed by atoms with E-state index in [1.54, 1.807) is 11.3 Å². The number of hydrogen-bond acceptors (Lipinski definition) is 4. The van der Waals surface area contributed by atoms with Gasteiger partial charge in [0.25, 0.3) is 0 Å². The molecule has 1 aliphatic heterocycles. The third-order valence-electron chi connectivity index (χ3n) is 5.33. The van der Waals surface area contributed by atoms with Crippen molar-refractivity contribution >= 4 is 28.6 Å². The van der Waals surface area contributed by atoms with Gasteiger partial charge in [-0.15, -0.1) is 11.3 Å². The Morgan fingerprint density at radius 2 is 2.00 bits per heavy atom. The van der Waals surface area contributed by atoms with Crippen LogP contribution in [0, 0.1) is 6.92 Å². The van der Waals surface area contributed by atoms with Crippen LogP contribution in [0.3, 0.4) is 0 Å². The number of carbonyl (C=O) groups is 1. The second-order valence-corrected chi connectivity index (χ2v) is 8.36. The topological polar surface area (TPSA) is 45.2 Å². The molecule has 1 amide bonds. The summed E-state index contributed by atoms with van der Waals surface area (Å²) < 4.78 is 0. The minimum Gasteiger partial charge on any atom is -0.363 e. The zero-order valence-corrected chi connectivity index (χ0v) is 17.1. The van der Waals surface area contributed by atoms with Gasteiger partial charge < -0.3 is 10.2 Å². The molecule has 0 radical (unpaired) electrons. The molecule has 0 saturated heterocycles. The van der Waals surface area contributed by atoms with E-state index in [1.807, 2.05) is 31.2 Å². The Morgan fingerprint density at radius 3 is 2.86 bits per heavy atom. The minimum absolute atomic E-state index is 0.0214. The van der Waals surface area contributed by atoms with Crippen LogP contribution in [-0.4, -0.2) is 16.9 Å². The number of benzene rings is 2. The summed E-state index contributed by atoms with van der Waals surface area (Å²) in [5.41, 5.74) is 5.69. The summed E-state index contributed by atoms with van der Waals surface area (Å²) in [5, 5.41) is 5.93. The van der Waals surface area contributed by atoms with Crippen LogP contribution in [0.2, 0.25) is 0 Å². The average Bonchev–Trinajstić information content (AvgIpc) is 3.13. The van der Waals surface area contributed by atoms with Crippen LogP contribution in [0.1, 0.15) is 35.2 Å². The van der Waals surface area contributed by atoms with Gasteiger partial charge >= 0.3 is 0 Å². The summed E-state index contributed by atoms with van der Waals surface area (Å²) >= 11 is 1.57. The second kappa shape index (κ2) is 8.15. The Kier molecular flexibility index (Phi) is 5.44. The van der Waals surface area contributed by atoms with Gasteiger partial charge in [-0.3, -0.25) is 4.79 Å². The minimum atomic E-state index is -0.0214. The molecule has 0 saturated carbocycles. The fourth-order valence-corrected chi connectivity index (χ4v) is 4.51. The van der Waals surface area contributed by atoms with E-state index in [0.717, 1.165) is 41.3 Å². The molecule has 28 heavy (non-hydrogen) atoms. The van der Waals surface area contributed by atoms with Gasteiger partial charge in [-0.1, -0.05) is 36.4 Å². The van der Waals surface area contributed by atoms with Crippen LogP contribution in [0.25, 0.3) is 0 Å². The van der Waals surface area contributed by atoms with Crippen molar-refractivity contribution in [1.82, 2.24) is 4.98 Å². The van der Waals surface area contributed by atoms with Crippen LogP contribution >= 0.6 is 11.3 Å². The summed E-state index contributed by atoms with van der Waals surface area (Å²) in [5.74, 6) is -0.0214. The normalized spacial score (nSPS) is 15.9. The summed E-state index contributed by atoms with van der Waals surface area (Å²) in [6.45, 7) is 5.06. The van der Waals surface area contributed by atoms with Gasteiger partial charge in [0.15, 0.2) is 0 Å². The maximum Gasteiger partial charge on any atom is 0.231 e. The fraction of sp³-hybridized carbons (Fsp3) is 0.304. The van der Waals surface area contributed by atoms with Crippen molar-refractivity contribution in [2.24, 2.45) is 0 Å². The van der Waals surface area contributed by atoms with Crippen molar-refractivity contribution in [2.75, 3.05) is 10.2 Å². The maximum atomic E-state index is 12.4. The SMILES string of the molecule is Cc1ccccc1NC(=O)Cc1nc(CN2c3ccccc3CCC2C)cs1. The predicted molar refractivity (Wildman–Crippen MR) is 116 cm³/mol. The average molecular weight is 392 g/mol. The smallest absolute Gasteiger partial charge is 0.231 e. The Hall–Kier alpha value is -2.66. The zero-order valence-electron chi connectivity index (χ0n) is 16.3.